The van der Waals surface area contributed by atoms with Crippen molar-refractivity contribution in [2.75, 3.05) is 31.1 Å². The number of hydrogen-bond donors (Lipinski definition) is 1. The molecule has 0 amide bonds. The summed E-state index contributed by atoms with van der Waals surface area (Å²) in [5.41, 5.74) is 2.16. The van der Waals surface area contributed by atoms with Crippen molar-refractivity contribution in [3.05, 3.63) is 60.2 Å². The topological polar surface area (TPSA) is 65.9 Å². The summed E-state index contributed by atoms with van der Waals surface area (Å²) in [7, 11) is 0. The summed E-state index contributed by atoms with van der Waals surface area (Å²) in [6, 6.07) is 11.3. The number of likely N-dealkylation sites (tertiary alicyclic amines) is 1. The number of hydrogen-bond acceptors (Lipinski definition) is 5. The Bertz CT molecular complexity index is 851. The number of alkyl halides is 3. The SMILES string of the molecule is Fc1cccc(CN2C[C@@H]3OCCN(c4cccnc4)[C@@H]3C2)c1.O=C(O)C(F)(F)F. The number of anilines is 1. The zero-order valence-electron chi connectivity index (χ0n) is 15.9. The van der Waals surface area contributed by atoms with E-state index < -0.39 is 12.1 Å². The Morgan fingerprint density at radius 2 is 2.00 bits per heavy atom. The molecule has 10 heteroatoms. The van der Waals surface area contributed by atoms with Gasteiger partial charge in [0.15, 0.2) is 0 Å². The minimum Gasteiger partial charge on any atom is -0.475 e. The van der Waals surface area contributed by atoms with Crippen LogP contribution in [-0.4, -0.2) is 65.5 Å². The van der Waals surface area contributed by atoms with Gasteiger partial charge in [-0.1, -0.05) is 12.1 Å². The molecule has 1 N–H and O–H groups in total. The van der Waals surface area contributed by atoms with Crippen molar-refractivity contribution in [3.63, 3.8) is 0 Å². The molecule has 4 rings (SSSR count). The summed E-state index contributed by atoms with van der Waals surface area (Å²) in [6.45, 7) is 4.20. The summed E-state index contributed by atoms with van der Waals surface area (Å²) in [5, 5.41) is 7.12. The molecule has 2 saturated heterocycles. The van der Waals surface area contributed by atoms with Crippen LogP contribution < -0.4 is 4.90 Å². The molecule has 0 spiro atoms. The van der Waals surface area contributed by atoms with Gasteiger partial charge in [0.2, 0.25) is 0 Å². The maximum Gasteiger partial charge on any atom is 0.490 e. The highest BCUT2D eigenvalue weighted by Gasteiger charge is 2.40. The molecule has 0 radical (unpaired) electrons. The zero-order chi connectivity index (χ0) is 21.7. The number of pyridine rings is 1. The molecule has 2 fully saturated rings. The maximum absolute atomic E-state index is 13.4. The largest absolute Gasteiger partial charge is 0.490 e. The van der Waals surface area contributed by atoms with Crippen molar-refractivity contribution in [2.24, 2.45) is 0 Å². The van der Waals surface area contributed by atoms with E-state index in [9.17, 15) is 17.6 Å². The van der Waals surface area contributed by atoms with E-state index in [1.807, 2.05) is 18.3 Å². The molecule has 30 heavy (non-hydrogen) atoms. The third kappa shape index (κ3) is 5.67. The molecule has 0 saturated carbocycles. The van der Waals surface area contributed by atoms with Gasteiger partial charge in [-0.25, -0.2) is 9.18 Å². The standard InChI is InChI=1S/C18H20FN3O.C2HF3O2/c19-15-4-1-3-14(9-15)11-21-12-17-18(13-21)23-8-7-22(17)16-5-2-6-20-10-16;3-2(4,5)1(6)7/h1-6,9-10,17-18H,7-8,11-13H2;(H,6,7)/t17-,18+;/m1./s1. The summed E-state index contributed by atoms with van der Waals surface area (Å²) < 4.78 is 51.1. The number of aromatic nitrogens is 1. The maximum atomic E-state index is 13.4. The molecule has 6 nitrogen and oxygen atoms in total. The Balaban J connectivity index is 0.000000318. The first-order valence-electron chi connectivity index (χ1n) is 9.29. The highest BCUT2D eigenvalue weighted by atomic mass is 19.4. The number of fused-ring (bicyclic) bond motifs is 1. The second kappa shape index (κ2) is 9.40. The molecule has 2 aliphatic rings. The van der Waals surface area contributed by atoms with E-state index in [-0.39, 0.29) is 11.9 Å². The number of carbonyl (C=O) groups is 1. The number of carboxylic acids is 1. The van der Waals surface area contributed by atoms with Gasteiger partial charge in [-0.05, 0) is 29.8 Å². The van der Waals surface area contributed by atoms with Crippen LogP contribution >= 0.6 is 0 Å². The first-order chi connectivity index (χ1) is 14.2. The highest BCUT2D eigenvalue weighted by Crippen LogP contribution is 2.28. The average Bonchev–Trinajstić information content (AvgIpc) is 3.10. The molecule has 1 aromatic heterocycles. The molecular weight excluding hydrogens is 406 g/mol. The molecule has 3 heterocycles. The van der Waals surface area contributed by atoms with Crippen LogP contribution in [0.5, 0.6) is 0 Å². The molecule has 0 bridgehead atoms. The fourth-order valence-electron chi connectivity index (χ4n) is 3.63. The minimum absolute atomic E-state index is 0.174. The lowest BCUT2D eigenvalue weighted by molar-refractivity contribution is -0.192. The van der Waals surface area contributed by atoms with E-state index in [1.54, 1.807) is 18.3 Å². The van der Waals surface area contributed by atoms with Crippen molar-refractivity contribution in [2.45, 2.75) is 24.9 Å². The lowest BCUT2D eigenvalue weighted by Gasteiger charge is -2.38. The van der Waals surface area contributed by atoms with Gasteiger partial charge in [-0.3, -0.25) is 9.88 Å². The zero-order valence-corrected chi connectivity index (χ0v) is 15.9. The predicted molar refractivity (Wildman–Crippen MR) is 100 cm³/mol. The number of nitrogens with zero attached hydrogens (tertiary/aromatic N) is 3. The normalized spacial score (nSPS) is 21.5. The number of rotatable bonds is 3. The van der Waals surface area contributed by atoms with Gasteiger partial charge in [0, 0.05) is 32.4 Å². The molecular formula is C20H21F4N3O3. The summed E-state index contributed by atoms with van der Waals surface area (Å²) in [6.07, 6.45) is -1.17. The molecule has 2 aromatic rings. The van der Waals surface area contributed by atoms with Gasteiger partial charge in [0.1, 0.15) is 5.82 Å². The Hall–Kier alpha value is -2.72. The number of carboxylic acid groups (broad SMARTS) is 1. The molecule has 1 aromatic carbocycles. The third-order valence-corrected chi connectivity index (χ3v) is 4.89. The van der Waals surface area contributed by atoms with Crippen LogP contribution in [-0.2, 0) is 16.1 Å². The Kier molecular flexibility index (Phi) is 6.88. The van der Waals surface area contributed by atoms with E-state index in [1.165, 1.54) is 6.07 Å². The quantitative estimate of drug-likeness (QED) is 0.760. The number of morpholine rings is 1. The van der Waals surface area contributed by atoms with Crippen LogP contribution in [0.2, 0.25) is 0 Å². The van der Waals surface area contributed by atoms with Crippen LogP contribution in [0.25, 0.3) is 0 Å². The first kappa shape index (κ1) is 22.0. The van der Waals surface area contributed by atoms with Gasteiger partial charge in [0.05, 0.1) is 30.6 Å². The lowest BCUT2D eigenvalue weighted by Crippen LogP contribution is -2.51. The summed E-state index contributed by atoms with van der Waals surface area (Å²) >= 11 is 0. The van der Waals surface area contributed by atoms with E-state index >= 15 is 0 Å². The van der Waals surface area contributed by atoms with Crippen LogP contribution in [0, 0.1) is 5.82 Å². The summed E-state index contributed by atoms with van der Waals surface area (Å²) in [4.78, 5) is 17.9. The second-order valence-electron chi connectivity index (χ2n) is 7.01. The van der Waals surface area contributed by atoms with Crippen LogP contribution in [0.1, 0.15) is 5.56 Å². The molecule has 2 aliphatic heterocycles. The van der Waals surface area contributed by atoms with Gasteiger partial charge in [-0.15, -0.1) is 0 Å². The second-order valence-corrected chi connectivity index (χ2v) is 7.01. The number of benzene rings is 1. The van der Waals surface area contributed by atoms with Gasteiger partial charge in [-0.2, -0.15) is 13.2 Å². The number of ether oxygens (including phenoxy) is 1. The van der Waals surface area contributed by atoms with Gasteiger partial charge in [0.25, 0.3) is 0 Å². The number of aliphatic carboxylic acids is 1. The van der Waals surface area contributed by atoms with Crippen molar-refractivity contribution in [1.29, 1.82) is 0 Å². The monoisotopic (exact) mass is 427 g/mol. The van der Waals surface area contributed by atoms with Crippen LogP contribution in [0.4, 0.5) is 23.2 Å². The Morgan fingerprint density at radius 3 is 2.63 bits per heavy atom. The highest BCUT2D eigenvalue weighted by molar-refractivity contribution is 5.73. The predicted octanol–water partition coefficient (Wildman–Crippen LogP) is 2.94. The Morgan fingerprint density at radius 1 is 1.23 bits per heavy atom. The van der Waals surface area contributed by atoms with Gasteiger partial charge >= 0.3 is 12.1 Å². The first-order valence-corrected chi connectivity index (χ1v) is 9.29. The van der Waals surface area contributed by atoms with Gasteiger partial charge < -0.3 is 14.7 Å². The van der Waals surface area contributed by atoms with Crippen LogP contribution in [0.15, 0.2) is 48.8 Å². The lowest BCUT2D eigenvalue weighted by atomic mass is 10.1. The van der Waals surface area contributed by atoms with Crippen molar-refractivity contribution < 1.29 is 32.2 Å². The summed E-state index contributed by atoms with van der Waals surface area (Å²) in [5.74, 6) is -2.93. The van der Waals surface area contributed by atoms with Crippen molar-refractivity contribution in [1.82, 2.24) is 9.88 Å². The minimum atomic E-state index is -5.08. The molecule has 0 unspecified atom stereocenters. The van der Waals surface area contributed by atoms with Crippen molar-refractivity contribution in [3.8, 4) is 0 Å². The van der Waals surface area contributed by atoms with E-state index in [4.69, 9.17) is 14.6 Å². The van der Waals surface area contributed by atoms with Crippen molar-refractivity contribution >= 4 is 11.7 Å². The molecule has 2 atom stereocenters. The fourth-order valence-corrected chi connectivity index (χ4v) is 3.63. The fraction of sp³-hybridized carbons (Fsp3) is 0.400. The molecule has 162 valence electrons. The van der Waals surface area contributed by atoms with Crippen LogP contribution in [0.3, 0.4) is 0 Å². The molecule has 0 aliphatic carbocycles. The van der Waals surface area contributed by atoms with E-state index in [0.29, 0.717) is 6.04 Å². The average molecular weight is 427 g/mol. The van der Waals surface area contributed by atoms with E-state index in [0.717, 1.165) is 44.0 Å². The number of halogens is 4. The smallest absolute Gasteiger partial charge is 0.475 e. The third-order valence-electron chi connectivity index (χ3n) is 4.89. The van der Waals surface area contributed by atoms with E-state index in [2.05, 4.69) is 20.9 Å². The Labute approximate surface area is 170 Å².